The number of hydrogen-bond acceptors (Lipinski definition) is 3. The summed E-state index contributed by atoms with van der Waals surface area (Å²) in [5.41, 5.74) is 1.79. The van der Waals surface area contributed by atoms with Crippen LogP contribution in [0, 0.1) is 5.41 Å². The number of halogens is 1. The van der Waals surface area contributed by atoms with Crippen molar-refractivity contribution < 1.29 is 5.11 Å². The van der Waals surface area contributed by atoms with E-state index in [1.54, 1.807) is 11.0 Å². The largest absolute Gasteiger partial charge is 0.396 e. The molecule has 0 bridgehead atoms. The van der Waals surface area contributed by atoms with Crippen molar-refractivity contribution >= 4 is 23.4 Å². The summed E-state index contributed by atoms with van der Waals surface area (Å²) in [6.07, 6.45) is 5.88. The molecule has 0 aliphatic carbocycles. The molecule has 0 unspecified atom stereocenters. The molecule has 1 N–H and O–H groups in total. The Balaban J connectivity index is 2.34. The van der Waals surface area contributed by atoms with Gasteiger partial charge in [0.15, 0.2) is 0 Å². The maximum absolute atomic E-state index is 9.45. The third kappa shape index (κ3) is 3.92. The molecule has 2 rings (SSSR count). The van der Waals surface area contributed by atoms with Gasteiger partial charge in [0.2, 0.25) is 0 Å². The quantitative estimate of drug-likeness (QED) is 0.919. The highest BCUT2D eigenvalue weighted by Crippen LogP contribution is 2.28. The van der Waals surface area contributed by atoms with Gasteiger partial charge >= 0.3 is 0 Å². The van der Waals surface area contributed by atoms with Crippen LogP contribution in [0.4, 0.5) is 0 Å². The molecule has 0 saturated heterocycles. The Bertz CT molecular complexity index is 574. The Hall–Kier alpha value is -1.65. The molecule has 20 heavy (non-hydrogen) atoms. The van der Waals surface area contributed by atoms with Crippen molar-refractivity contribution in [1.29, 1.82) is 0 Å². The van der Waals surface area contributed by atoms with Crippen molar-refractivity contribution in [2.75, 3.05) is 6.61 Å². The molecule has 0 amide bonds. The topological polar surface area (TPSA) is 50.9 Å². The number of nitrogens with zero attached hydrogens (tertiary/aromatic N) is 3. The third-order valence-corrected chi connectivity index (χ3v) is 3.26. The number of benzene rings is 1. The molecular formula is C15H18ClN3O. The van der Waals surface area contributed by atoms with Crippen LogP contribution in [0.25, 0.3) is 11.8 Å². The Kier molecular flexibility index (Phi) is 4.57. The zero-order valence-electron chi connectivity index (χ0n) is 11.6. The molecule has 106 valence electrons. The number of hydrogen-bond donors (Lipinski definition) is 1. The molecule has 0 spiro atoms. The maximum Gasteiger partial charge on any atom is 0.138 e. The summed E-state index contributed by atoms with van der Waals surface area (Å²) in [4.78, 5) is 3.98. The summed E-state index contributed by atoms with van der Waals surface area (Å²) >= 11 is 5.90. The molecule has 0 atom stereocenters. The van der Waals surface area contributed by atoms with Crippen LogP contribution in [0.5, 0.6) is 0 Å². The molecule has 1 heterocycles. The molecule has 0 fully saturated rings. The normalized spacial score (nSPS) is 12.7. The highest BCUT2D eigenvalue weighted by molar-refractivity contribution is 6.30. The Morgan fingerprint density at radius 1 is 1.35 bits per heavy atom. The van der Waals surface area contributed by atoms with Crippen LogP contribution in [0.3, 0.4) is 0 Å². The van der Waals surface area contributed by atoms with Gasteiger partial charge in [0, 0.05) is 17.3 Å². The molecule has 1 aromatic heterocycles. The minimum atomic E-state index is -0.218. The van der Waals surface area contributed by atoms with E-state index in [1.807, 2.05) is 44.2 Å². The Morgan fingerprint density at radius 3 is 2.60 bits per heavy atom. The highest BCUT2D eigenvalue weighted by atomic mass is 35.5. The van der Waals surface area contributed by atoms with E-state index in [-0.39, 0.29) is 12.0 Å². The average Bonchev–Trinajstić information content (AvgIpc) is 2.94. The number of aliphatic hydroxyl groups excluding tert-OH is 1. The summed E-state index contributed by atoms with van der Waals surface area (Å²) in [6.45, 7) is 4.14. The second kappa shape index (κ2) is 6.20. The zero-order valence-corrected chi connectivity index (χ0v) is 12.4. The van der Waals surface area contributed by atoms with Crippen LogP contribution in [0.15, 0.2) is 36.9 Å². The fraction of sp³-hybridized carbons (Fsp3) is 0.333. The van der Waals surface area contributed by atoms with Crippen molar-refractivity contribution in [3.63, 3.8) is 0 Å². The van der Waals surface area contributed by atoms with Crippen LogP contribution in [0.2, 0.25) is 5.02 Å². The molecular weight excluding hydrogens is 274 g/mol. The van der Waals surface area contributed by atoms with Crippen molar-refractivity contribution in [1.82, 2.24) is 14.8 Å². The van der Waals surface area contributed by atoms with Gasteiger partial charge in [-0.3, -0.25) is 0 Å². The smallest absolute Gasteiger partial charge is 0.138 e. The van der Waals surface area contributed by atoms with E-state index in [9.17, 15) is 5.11 Å². The van der Waals surface area contributed by atoms with Crippen molar-refractivity contribution in [3.05, 3.63) is 47.5 Å². The molecule has 0 aliphatic heterocycles. The lowest BCUT2D eigenvalue weighted by Gasteiger charge is -2.23. The summed E-state index contributed by atoms with van der Waals surface area (Å²) in [6, 6.07) is 7.60. The molecule has 0 radical (unpaired) electrons. The van der Waals surface area contributed by atoms with E-state index in [4.69, 9.17) is 11.6 Å². The molecule has 1 aromatic carbocycles. The van der Waals surface area contributed by atoms with Gasteiger partial charge in [-0.1, -0.05) is 37.6 Å². The zero-order chi connectivity index (χ0) is 14.6. The van der Waals surface area contributed by atoms with Crippen LogP contribution in [0.1, 0.15) is 25.8 Å². The summed E-state index contributed by atoms with van der Waals surface area (Å²) in [5, 5.41) is 14.3. The number of aromatic nitrogens is 3. The van der Waals surface area contributed by atoms with E-state index in [2.05, 4.69) is 10.1 Å². The Labute approximate surface area is 123 Å². The van der Waals surface area contributed by atoms with Gasteiger partial charge in [0.1, 0.15) is 12.7 Å². The van der Waals surface area contributed by atoms with Crippen LogP contribution in [-0.4, -0.2) is 26.5 Å². The van der Waals surface area contributed by atoms with Crippen molar-refractivity contribution in [2.24, 2.45) is 5.41 Å². The first-order valence-corrected chi connectivity index (χ1v) is 6.80. The highest BCUT2D eigenvalue weighted by Gasteiger charge is 2.20. The van der Waals surface area contributed by atoms with E-state index in [1.165, 1.54) is 6.33 Å². The van der Waals surface area contributed by atoms with Crippen LogP contribution in [-0.2, 0) is 0 Å². The molecule has 2 aromatic rings. The first-order valence-electron chi connectivity index (χ1n) is 6.42. The van der Waals surface area contributed by atoms with Gasteiger partial charge in [0.25, 0.3) is 0 Å². The molecule has 0 saturated carbocycles. The second-order valence-corrected chi connectivity index (χ2v) is 5.96. The van der Waals surface area contributed by atoms with Gasteiger partial charge in [-0.15, -0.1) is 0 Å². The predicted octanol–water partition coefficient (Wildman–Crippen LogP) is 3.34. The van der Waals surface area contributed by atoms with Crippen LogP contribution < -0.4 is 0 Å². The number of allylic oxidation sites excluding steroid dienone is 1. The van der Waals surface area contributed by atoms with Gasteiger partial charge in [-0.05, 0) is 35.6 Å². The SMILES string of the molecule is CC(C)(CO)CC(=Cc1ccc(Cl)cc1)n1cncn1. The van der Waals surface area contributed by atoms with E-state index in [0.717, 1.165) is 11.3 Å². The second-order valence-electron chi connectivity index (χ2n) is 5.53. The molecule has 4 nitrogen and oxygen atoms in total. The summed E-state index contributed by atoms with van der Waals surface area (Å²) < 4.78 is 1.73. The monoisotopic (exact) mass is 291 g/mol. The van der Waals surface area contributed by atoms with Crippen molar-refractivity contribution in [3.8, 4) is 0 Å². The predicted molar refractivity (Wildman–Crippen MR) is 81.1 cm³/mol. The molecule has 5 heteroatoms. The standard InChI is InChI=1S/C15H18ClN3O/c1-15(2,9-20)8-14(19-11-17-10-18-19)7-12-3-5-13(16)6-4-12/h3-7,10-11,20H,8-9H2,1-2H3. The Morgan fingerprint density at radius 2 is 2.05 bits per heavy atom. The van der Waals surface area contributed by atoms with E-state index < -0.39 is 0 Å². The fourth-order valence-electron chi connectivity index (χ4n) is 1.85. The van der Waals surface area contributed by atoms with Gasteiger partial charge < -0.3 is 5.11 Å². The first-order chi connectivity index (χ1) is 9.50. The lowest BCUT2D eigenvalue weighted by molar-refractivity contribution is 0.163. The summed E-state index contributed by atoms with van der Waals surface area (Å²) in [5.74, 6) is 0. The van der Waals surface area contributed by atoms with E-state index in [0.29, 0.717) is 11.4 Å². The van der Waals surface area contributed by atoms with Gasteiger partial charge in [-0.25, -0.2) is 9.67 Å². The lowest BCUT2D eigenvalue weighted by atomic mass is 9.88. The minimum Gasteiger partial charge on any atom is -0.396 e. The molecule has 0 aliphatic rings. The van der Waals surface area contributed by atoms with Gasteiger partial charge in [0.05, 0.1) is 0 Å². The van der Waals surface area contributed by atoms with Crippen molar-refractivity contribution in [2.45, 2.75) is 20.3 Å². The van der Waals surface area contributed by atoms with Crippen LogP contribution >= 0.6 is 11.6 Å². The number of rotatable bonds is 5. The third-order valence-electron chi connectivity index (χ3n) is 3.00. The average molecular weight is 292 g/mol. The first kappa shape index (κ1) is 14.8. The fourth-order valence-corrected chi connectivity index (χ4v) is 1.98. The maximum atomic E-state index is 9.45. The lowest BCUT2D eigenvalue weighted by Crippen LogP contribution is -2.18. The minimum absolute atomic E-state index is 0.111. The van der Waals surface area contributed by atoms with Gasteiger partial charge in [-0.2, -0.15) is 5.10 Å². The summed E-state index contributed by atoms with van der Waals surface area (Å²) in [7, 11) is 0. The number of aliphatic hydroxyl groups is 1. The van der Waals surface area contributed by atoms with E-state index >= 15 is 0 Å².